The topological polar surface area (TPSA) is 46.9 Å². The SMILES string of the molecule is C=C(Br)Cn1c(CCCCCNC(=O)c2cccc(Br)c2)nc2ccccc21. The molecule has 0 aliphatic carbocycles. The Labute approximate surface area is 182 Å². The number of fused-ring (bicyclic) bond motifs is 1. The zero-order valence-electron chi connectivity index (χ0n) is 15.6. The van der Waals surface area contributed by atoms with Crippen molar-refractivity contribution in [3.8, 4) is 0 Å². The number of nitrogens with one attached hydrogen (secondary N) is 1. The number of aryl methyl sites for hydroxylation is 1. The molecule has 28 heavy (non-hydrogen) atoms. The van der Waals surface area contributed by atoms with Crippen LogP contribution in [0.15, 0.2) is 64.1 Å². The normalized spacial score (nSPS) is 10.9. The van der Waals surface area contributed by atoms with Crippen molar-refractivity contribution in [2.45, 2.75) is 32.2 Å². The van der Waals surface area contributed by atoms with Gasteiger partial charge < -0.3 is 9.88 Å². The van der Waals surface area contributed by atoms with Crippen LogP contribution in [0.2, 0.25) is 0 Å². The van der Waals surface area contributed by atoms with Crippen LogP contribution in [0.25, 0.3) is 11.0 Å². The number of rotatable bonds is 9. The minimum Gasteiger partial charge on any atom is -0.352 e. The number of nitrogens with zero attached hydrogens (tertiary/aromatic N) is 2. The van der Waals surface area contributed by atoms with Gasteiger partial charge in [0.25, 0.3) is 5.91 Å². The summed E-state index contributed by atoms with van der Waals surface area (Å²) in [5.41, 5.74) is 2.84. The summed E-state index contributed by atoms with van der Waals surface area (Å²) in [6, 6.07) is 15.6. The highest BCUT2D eigenvalue weighted by Crippen LogP contribution is 2.20. The molecule has 4 nitrogen and oxygen atoms in total. The van der Waals surface area contributed by atoms with Crippen LogP contribution >= 0.6 is 31.9 Å². The molecule has 0 aliphatic rings. The maximum absolute atomic E-state index is 12.1. The Kier molecular flexibility index (Phi) is 7.45. The number of allylic oxidation sites excluding steroid dienone is 1. The van der Waals surface area contributed by atoms with Crippen molar-refractivity contribution < 1.29 is 4.79 Å². The number of benzene rings is 2. The summed E-state index contributed by atoms with van der Waals surface area (Å²) in [5, 5.41) is 2.99. The van der Waals surface area contributed by atoms with E-state index in [0.29, 0.717) is 12.1 Å². The Bertz CT molecular complexity index is 981. The van der Waals surface area contributed by atoms with E-state index in [-0.39, 0.29) is 5.91 Å². The van der Waals surface area contributed by atoms with Crippen LogP contribution in [-0.4, -0.2) is 22.0 Å². The maximum Gasteiger partial charge on any atom is 0.251 e. The van der Waals surface area contributed by atoms with Crippen LogP contribution < -0.4 is 5.32 Å². The molecule has 0 spiro atoms. The first-order valence-corrected chi connectivity index (χ1v) is 10.9. The van der Waals surface area contributed by atoms with Gasteiger partial charge in [-0.15, -0.1) is 0 Å². The molecule has 0 saturated heterocycles. The molecular formula is C22H23Br2N3O. The van der Waals surface area contributed by atoms with Crippen molar-refractivity contribution in [1.29, 1.82) is 0 Å². The van der Waals surface area contributed by atoms with E-state index in [1.807, 2.05) is 42.5 Å². The molecule has 1 N–H and O–H groups in total. The fraction of sp³-hybridized carbons (Fsp3) is 0.273. The number of para-hydroxylation sites is 2. The summed E-state index contributed by atoms with van der Waals surface area (Å²) in [4.78, 5) is 16.9. The van der Waals surface area contributed by atoms with Gasteiger partial charge in [-0.1, -0.05) is 63.1 Å². The molecule has 3 aromatic rings. The van der Waals surface area contributed by atoms with Crippen molar-refractivity contribution in [3.63, 3.8) is 0 Å². The Morgan fingerprint density at radius 2 is 1.93 bits per heavy atom. The number of halogens is 2. The van der Waals surface area contributed by atoms with E-state index in [1.54, 1.807) is 0 Å². The number of carbonyl (C=O) groups is 1. The summed E-state index contributed by atoms with van der Waals surface area (Å²) < 4.78 is 4.07. The van der Waals surface area contributed by atoms with Gasteiger partial charge in [-0.05, 0) is 43.2 Å². The first kappa shape index (κ1) is 20.8. The highest BCUT2D eigenvalue weighted by Gasteiger charge is 2.10. The molecule has 2 aromatic carbocycles. The van der Waals surface area contributed by atoms with Crippen LogP contribution in [0.1, 0.15) is 35.4 Å². The zero-order chi connectivity index (χ0) is 19.9. The van der Waals surface area contributed by atoms with E-state index >= 15 is 0 Å². The van der Waals surface area contributed by atoms with Gasteiger partial charge in [0.15, 0.2) is 0 Å². The molecule has 0 saturated carbocycles. The minimum atomic E-state index is -0.0288. The molecule has 0 radical (unpaired) electrons. The number of amides is 1. The highest BCUT2D eigenvalue weighted by molar-refractivity contribution is 9.11. The lowest BCUT2D eigenvalue weighted by Gasteiger charge is -2.09. The summed E-state index contributed by atoms with van der Waals surface area (Å²) in [6.45, 7) is 5.37. The van der Waals surface area contributed by atoms with E-state index in [1.165, 1.54) is 0 Å². The molecule has 0 aliphatic heterocycles. The van der Waals surface area contributed by atoms with Gasteiger partial charge in [0, 0.05) is 27.5 Å². The van der Waals surface area contributed by atoms with Crippen molar-refractivity contribution in [3.05, 3.63) is 75.5 Å². The predicted molar refractivity (Wildman–Crippen MR) is 122 cm³/mol. The lowest BCUT2D eigenvalue weighted by atomic mass is 10.1. The van der Waals surface area contributed by atoms with Gasteiger partial charge in [0.05, 0.1) is 17.6 Å². The first-order valence-electron chi connectivity index (χ1n) is 9.36. The van der Waals surface area contributed by atoms with Gasteiger partial charge in [-0.3, -0.25) is 4.79 Å². The lowest BCUT2D eigenvalue weighted by Crippen LogP contribution is -2.24. The fourth-order valence-electron chi connectivity index (χ4n) is 3.18. The zero-order valence-corrected chi connectivity index (χ0v) is 18.8. The van der Waals surface area contributed by atoms with Crippen molar-refractivity contribution in [2.75, 3.05) is 6.54 Å². The summed E-state index contributed by atoms with van der Waals surface area (Å²) in [7, 11) is 0. The van der Waals surface area contributed by atoms with Crippen molar-refractivity contribution in [2.24, 2.45) is 0 Å². The van der Waals surface area contributed by atoms with Crippen LogP contribution in [-0.2, 0) is 13.0 Å². The number of hydrogen-bond acceptors (Lipinski definition) is 2. The number of hydrogen-bond donors (Lipinski definition) is 1. The fourth-order valence-corrected chi connectivity index (χ4v) is 3.83. The molecule has 3 rings (SSSR count). The van der Waals surface area contributed by atoms with Gasteiger partial charge >= 0.3 is 0 Å². The minimum absolute atomic E-state index is 0.0288. The molecule has 0 atom stereocenters. The average Bonchev–Trinajstić information content (AvgIpc) is 3.01. The average molecular weight is 505 g/mol. The summed E-state index contributed by atoms with van der Waals surface area (Å²) in [5.74, 6) is 1.05. The van der Waals surface area contributed by atoms with Crippen LogP contribution in [0.3, 0.4) is 0 Å². The van der Waals surface area contributed by atoms with E-state index in [2.05, 4.69) is 54.4 Å². The molecule has 0 bridgehead atoms. The summed E-state index contributed by atoms with van der Waals surface area (Å²) in [6.07, 6.45) is 3.93. The Hall–Kier alpha value is -1.92. The van der Waals surface area contributed by atoms with Gasteiger partial charge in [0.1, 0.15) is 5.82 Å². The van der Waals surface area contributed by atoms with E-state index in [4.69, 9.17) is 4.98 Å². The summed E-state index contributed by atoms with van der Waals surface area (Å²) >= 11 is 6.86. The number of imidazole rings is 1. The molecule has 0 unspecified atom stereocenters. The second-order valence-electron chi connectivity index (χ2n) is 6.70. The molecule has 6 heteroatoms. The smallest absolute Gasteiger partial charge is 0.251 e. The third-order valence-electron chi connectivity index (χ3n) is 4.51. The first-order chi connectivity index (χ1) is 13.5. The van der Waals surface area contributed by atoms with Crippen molar-refractivity contribution >= 4 is 48.8 Å². The third-order valence-corrected chi connectivity index (χ3v) is 5.26. The third kappa shape index (κ3) is 5.55. The van der Waals surface area contributed by atoms with Crippen LogP contribution in [0.4, 0.5) is 0 Å². The van der Waals surface area contributed by atoms with E-state index in [9.17, 15) is 4.79 Å². The monoisotopic (exact) mass is 503 g/mol. The predicted octanol–water partition coefficient (Wildman–Crippen LogP) is 5.85. The van der Waals surface area contributed by atoms with Gasteiger partial charge in [0.2, 0.25) is 0 Å². The Morgan fingerprint density at radius 3 is 2.71 bits per heavy atom. The second-order valence-corrected chi connectivity index (χ2v) is 8.73. The highest BCUT2D eigenvalue weighted by atomic mass is 79.9. The molecule has 0 fully saturated rings. The molecule has 1 amide bonds. The van der Waals surface area contributed by atoms with Crippen molar-refractivity contribution in [1.82, 2.24) is 14.9 Å². The van der Waals surface area contributed by atoms with Crippen LogP contribution in [0.5, 0.6) is 0 Å². The maximum atomic E-state index is 12.1. The largest absolute Gasteiger partial charge is 0.352 e. The molecular weight excluding hydrogens is 482 g/mol. The van der Waals surface area contributed by atoms with Gasteiger partial charge in [-0.2, -0.15) is 0 Å². The van der Waals surface area contributed by atoms with Gasteiger partial charge in [-0.25, -0.2) is 4.98 Å². The molecule has 146 valence electrons. The Balaban J connectivity index is 1.48. The molecule has 1 aromatic heterocycles. The number of carbonyl (C=O) groups excluding carboxylic acids is 1. The Morgan fingerprint density at radius 1 is 1.11 bits per heavy atom. The molecule has 1 heterocycles. The van der Waals surface area contributed by atoms with Crippen LogP contribution in [0, 0.1) is 0 Å². The van der Waals surface area contributed by atoms with E-state index in [0.717, 1.165) is 58.0 Å². The number of unbranched alkanes of at least 4 members (excludes halogenated alkanes) is 2. The quantitative estimate of drug-likeness (QED) is 0.371. The lowest BCUT2D eigenvalue weighted by molar-refractivity contribution is 0.0953. The number of aromatic nitrogens is 2. The standard InChI is InChI=1S/C22H23Br2N3O/c1-16(23)15-27-20-11-5-4-10-19(20)26-21(27)12-3-2-6-13-25-22(28)17-8-7-9-18(24)14-17/h4-5,7-11,14H,1-3,6,12-13,15H2,(H,25,28). The second kappa shape index (κ2) is 10.0. The van der Waals surface area contributed by atoms with E-state index < -0.39 is 0 Å².